The quantitative estimate of drug-likeness (QED) is 0.879. The number of halogens is 2. The Kier molecular flexibility index (Phi) is 5.96. The van der Waals surface area contributed by atoms with Crippen LogP contribution in [0.25, 0.3) is 0 Å². The van der Waals surface area contributed by atoms with Gasteiger partial charge in [-0.05, 0) is 30.2 Å². The van der Waals surface area contributed by atoms with E-state index >= 15 is 0 Å². The Morgan fingerprint density at radius 3 is 2.68 bits per heavy atom. The summed E-state index contributed by atoms with van der Waals surface area (Å²) < 4.78 is 0. The number of rotatable bonds is 5. The summed E-state index contributed by atoms with van der Waals surface area (Å²) in [7, 11) is 0. The van der Waals surface area contributed by atoms with Gasteiger partial charge in [0, 0.05) is 42.3 Å². The van der Waals surface area contributed by atoms with E-state index in [2.05, 4.69) is 17.1 Å². The molecule has 1 aromatic carbocycles. The molecule has 1 heterocycles. The van der Waals surface area contributed by atoms with Gasteiger partial charge in [0.05, 0.1) is 0 Å². The summed E-state index contributed by atoms with van der Waals surface area (Å²) >= 11 is 12.5. The van der Waals surface area contributed by atoms with Crippen LogP contribution in [0.15, 0.2) is 18.2 Å². The smallest absolute Gasteiger partial charge is 0.0454 e. The third kappa shape index (κ3) is 4.09. The molecular weight excluding hydrogens is 279 g/mol. The van der Waals surface area contributed by atoms with Crippen LogP contribution in [-0.4, -0.2) is 31.1 Å². The monoisotopic (exact) mass is 300 g/mol. The second kappa shape index (κ2) is 7.49. The average Bonchev–Trinajstić information content (AvgIpc) is 2.44. The van der Waals surface area contributed by atoms with Crippen molar-refractivity contribution in [3.63, 3.8) is 0 Å². The molecule has 0 bridgehead atoms. The largest absolute Gasteiger partial charge is 0.314 e. The van der Waals surface area contributed by atoms with E-state index < -0.39 is 0 Å². The number of hydrogen-bond donors (Lipinski definition) is 1. The molecule has 1 atom stereocenters. The fraction of sp³-hybridized carbons (Fsp3) is 0.600. The first-order valence-electron chi connectivity index (χ1n) is 7.12. The summed E-state index contributed by atoms with van der Waals surface area (Å²) in [5, 5.41) is 5.01. The van der Waals surface area contributed by atoms with E-state index in [1.54, 1.807) is 0 Å². The number of hydrogen-bond acceptors (Lipinski definition) is 2. The van der Waals surface area contributed by atoms with E-state index in [4.69, 9.17) is 23.2 Å². The first-order chi connectivity index (χ1) is 9.22. The second-order valence-electron chi connectivity index (χ2n) is 5.11. The van der Waals surface area contributed by atoms with E-state index in [-0.39, 0.29) is 0 Å². The lowest BCUT2D eigenvalue weighted by Gasteiger charge is -2.35. The summed E-state index contributed by atoms with van der Waals surface area (Å²) in [6.07, 6.45) is 3.58. The number of benzene rings is 1. The SMILES string of the molecule is CCCC[C@@H](c1cc(Cl)ccc1Cl)N1CCNCC1. The highest BCUT2D eigenvalue weighted by molar-refractivity contribution is 6.33. The molecule has 2 rings (SSSR count). The van der Waals surface area contributed by atoms with Gasteiger partial charge in [0.15, 0.2) is 0 Å². The minimum absolute atomic E-state index is 0.397. The zero-order valence-corrected chi connectivity index (χ0v) is 13.0. The predicted molar refractivity (Wildman–Crippen MR) is 83.2 cm³/mol. The van der Waals surface area contributed by atoms with Crippen molar-refractivity contribution in [3.8, 4) is 0 Å². The molecule has 0 radical (unpaired) electrons. The molecule has 1 aliphatic rings. The maximum atomic E-state index is 6.39. The van der Waals surface area contributed by atoms with Gasteiger partial charge in [0.25, 0.3) is 0 Å². The van der Waals surface area contributed by atoms with Gasteiger partial charge in [0.2, 0.25) is 0 Å². The maximum absolute atomic E-state index is 6.39. The zero-order valence-electron chi connectivity index (χ0n) is 11.5. The van der Waals surface area contributed by atoms with Crippen LogP contribution in [0.2, 0.25) is 10.0 Å². The van der Waals surface area contributed by atoms with E-state index in [0.29, 0.717) is 6.04 Å². The van der Waals surface area contributed by atoms with Gasteiger partial charge >= 0.3 is 0 Å². The summed E-state index contributed by atoms with van der Waals surface area (Å²) in [5.74, 6) is 0. The molecule has 1 aromatic rings. The summed E-state index contributed by atoms with van der Waals surface area (Å²) in [6.45, 7) is 6.50. The van der Waals surface area contributed by atoms with Crippen molar-refractivity contribution < 1.29 is 0 Å². The summed E-state index contributed by atoms with van der Waals surface area (Å²) in [6, 6.07) is 6.21. The van der Waals surface area contributed by atoms with Gasteiger partial charge in [-0.3, -0.25) is 4.90 Å². The van der Waals surface area contributed by atoms with Gasteiger partial charge < -0.3 is 5.32 Å². The Balaban J connectivity index is 2.22. The molecule has 0 amide bonds. The zero-order chi connectivity index (χ0) is 13.7. The van der Waals surface area contributed by atoms with Crippen molar-refractivity contribution in [2.75, 3.05) is 26.2 Å². The normalized spacial score (nSPS) is 18.5. The molecule has 1 fully saturated rings. The lowest BCUT2D eigenvalue weighted by atomic mass is 9.98. The van der Waals surface area contributed by atoms with Gasteiger partial charge in [-0.25, -0.2) is 0 Å². The molecule has 1 aliphatic heterocycles. The third-order valence-electron chi connectivity index (χ3n) is 3.74. The average molecular weight is 301 g/mol. The van der Waals surface area contributed by atoms with Crippen molar-refractivity contribution in [2.45, 2.75) is 32.2 Å². The van der Waals surface area contributed by atoms with Crippen molar-refractivity contribution in [3.05, 3.63) is 33.8 Å². The van der Waals surface area contributed by atoms with Crippen molar-refractivity contribution >= 4 is 23.2 Å². The number of nitrogens with one attached hydrogen (secondary N) is 1. The van der Waals surface area contributed by atoms with Crippen LogP contribution in [-0.2, 0) is 0 Å². The topological polar surface area (TPSA) is 15.3 Å². The molecule has 1 N–H and O–H groups in total. The van der Waals surface area contributed by atoms with Crippen LogP contribution in [0, 0.1) is 0 Å². The third-order valence-corrected chi connectivity index (χ3v) is 4.32. The lowest BCUT2D eigenvalue weighted by molar-refractivity contribution is 0.163. The van der Waals surface area contributed by atoms with E-state index in [1.807, 2.05) is 18.2 Å². The van der Waals surface area contributed by atoms with Crippen molar-refractivity contribution in [2.24, 2.45) is 0 Å². The Bertz CT molecular complexity index is 403. The first-order valence-corrected chi connectivity index (χ1v) is 7.87. The molecule has 19 heavy (non-hydrogen) atoms. The van der Waals surface area contributed by atoms with Crippen molar-refractivity contribution in [1.82, 2.24) is 10.2 Å². The summed E-state index contributed by atoms with van der Waals surface area (Å²) in [5.41, 5.74) is 1.18. The molecule has 0 unspecified atom stereocenters. The molecular formula is C15H22Cl2N2. The molecule has 0 aromatic heterocycles. The van der Waals surface area contributed by atoms with Gasteiger partial charge in [-0.1, -0.05) is 43.0 Å². The van der Waals surface area contributed by atoms with E-state index in [0.717, 1.165) is 42.6 Å². The molecule has 0 spiro atoms. The number of piperazine rings is 1. The Labute approximate surface area is 126 Å². The van der Waals surface area contributed by atoms with Crippen LogP contribution in [0.1, 0.15) is 37.8 Å². The van der Waals surface area contributed by atoms with Crippen LogP contribution in [0.5, 0.6) is 0 Å². The minimum Gasteiger partial charge on any atom is -0.314 e. The highest BCUT2D eigenvalue weighted by Crippen LogP contribution is 2.33. The van der Waals surface area contributed by atoms with E-state index in [1.165, 1.54) is 18.4 Å². The maximum Gasteiger partial charge on any atom is 0.0454 e. The van der Waals surface area contributed by atoms with Crippen LogP contribution in [0.3, 0.4) is 0 Å². The van der Waals surface area contributed by atoms with Gasteiger partial charge in [-0.2, -0.15) is 0 Å². The number of unbranched alkanes of at least 4 members (excludes halogenated alkanes) is 1. The minimum atomic E-state index is 0.397. The highest BCUT2D eigenvalue weighted by Gasteiger charge is 2.23. The van der Waals surface area contributed by atoms with Crippen LogP contribution >= 0.6 is 23.2 Å². The molecule has 0 aliphatic carbocycles. The molecule has 106 valence electrons. The molecule has 4 heteroatoms. The lowest BCUT2D eigenvalue weighted by Crippen LogP contribution is -2.45. The number of nitrogens with zero attached hydrogens (tertiary/aromatic N) is 1. The first kappa shape index (κ1) is 15.1. The van der Waals surface area contributed by atoms with E-state index in [9.17, 15) is 0 Å². The highest BCUT2D eigenvalue weighted by atomic mass is 35.5. The fourth-order valence-electron chi connectivity index (χ4n) is 2.70. The standard InChI is InChI=1S/C15H22Cl2N2/c1-2-3-4-15(19-9-7-18-8-10-19)13-11-12(16)5-6-14(13)17/h5-6,11,15,18H,2-4,7-10H2,1H3/t15-/m0/s1. The summed E-state index contributed by atoms with van der Waals surface area (Å²) in [4.78, 5) is 2.53. The van der Waals surface area contributed by atoms with Crippen LogP contribution in [0.4, 0.5) is 0 Å². The Hall–Kier alpha value is -0.280. The predicted octanol–water partition coefficient (Wildman–Crippen LogP) is 4.13. The van der Waals surface area contributed by atoms with Crippen molar-refractivity contribution in [1.29, 1.82) is 0 Å². The van der Waals surface area contributed by atoms with Crippen LogP contribution < -0.4 is 5.32 Å². The van der Waals surface area contributed by atoms with Gasteiger partial charge in [-0.15, -0.1) is 0 Å². The molecule has 0 saturated carbocycles. The second-order valence-corrected chi connectivity index (χ2v) is 5.95. The Morgan fingerprint density at radius 2 is 2.00 bits per heavy atom. The fourth-order valence-corrected chi connectivity index (χ4v) is 3.12. The molecule has 2 nitrogen and oxygen atoms in total. The van der Waals surface area contributed by atoms with Gasteiger partial charge in [0.1, 0.15) is 0 Å². The molecule has 1 saturated heterocycles. The Morgan fingerprint density at radius 1 is 1.26 bits per heavy atom.